The summed E-state index contributed by atoms with van der Waals surface area (Å²) < 4.78 is 0. The molecule has 1 aromatic carbocycles. The summed E-state index contributed by atoms with van der Waals surface area (Å²) >= 11 is 5.39. The van der Waals surface area contributed by atoms with Crippen LogP contribution in [0.15, 0.2) is 48.0 Å². The molecule has 0 radical (unpaired) electrons. The van der Waals surface area contributed by atoms with Crippen molar-refractivity contribution in [2.24, 2.45) is 10.9 Å². The molecule has 1 aliphatic heterocycles. The maximum atomic E-state index is 12.5. The van der Waals surface area contributed by atoms with Crippen LogP contribution in [0, 0.1) is 5.92 Å². The van der Waals surface area contributed by atoms with Crippen molar-refractivity contribution in [1.82, 2.24) is 10.2 Å². The van der Waals surface area contributed by atoms with Crippen molar-refractivity contribution in [3.8, 4) is 0 Å². The molecule has 6 nitrogen and oxygen atoms in total. The molecule has 0 spiro atoms. The lowest BCUT2D eigenvalue weighted by Gasteiger charge is -2.33. The van der Waals surface area contributed by atoms with Gasteiger partial charge in [0.15, 0.2) is 5.11 Å². The van der Waals surface area contributed by atoms with Crippen LogP contribution >= 0.6 is 12.2 Å². The smallest absolute Gasteiger partial charge is 0.169 e. The van der Waals surface area contributed by atoms with Crippen molar-refractivity contribution in [3.63, 3.8) is 0 Å². The highest BCUT2D eigenvalue weighted by Gasteiger charge is 2.34. The Hall–Kier alpha value is -2.38. The fourth-order valence-corrected chi connectivity index (χ4v) is 4.33. The second-order valence-electron chi connectivity index (χ2n) is 7.94. The predicted molar refractivity (Wildman–Crippen MR) is 123 cm³/mol. The number of benzene rings is 1. The van der Waals surface area contributed by atoms with Gasteiger partial charge in [-0.3, -0.25) is 14.6 Å². The zero-order valence-corrected chi connectivity index (χ0v) is 18.2. The number of carbonyl (C=O) groups excluding carboxylic acids is 2. The quantitative estimate of drug-likeness (QED) is 0.290. The highest BCUT2D eigenvalue weighted by Crippen LogP contribution is 2.31. The van der Waals surface area contributed by atoms with Crippen LogP contribution in [0.3, 0.4) is 0 Å². The number of Topliss-reactive ketones (excluding diaryl/α,β-unsaturated/α-hetero) is 2. The van der Waals surface area contributed by atoms with Gasteiger partial charge in [-0.15, -0.1) is 6.58 Å². The molecule has 1 aliphatic carbocycles. The Kier molecular flexibility index (Phi) is 8.28. The zero-order chi connectivity index (χ0) is 21.3. The molecule has 0 unspecified atom stereocenters. The van der Waals surface area contributed by atoms with Gasteiger partial charge in [-0.05, 0) is 23.7 Å². The first-order valence-electron chi connectivity index (χ1n) is 10.7. The Morgan fingerprint density at radius 1 is 1.20 bits per heavy atom. The first-order valence-corrected chi connectivity index (χ1v) is 11.1. The van der Waals surface area contributed by atoms with Gasteiger partial charge < -0.3 is 15.1 Å². The van der Waals surface area contributed by atoms with Crippen molar-refractivity contribution >= 4 is 35.1 Å². The molecule has 1 saturated carbocycles. The van der Waals surface area contributed by atoms with Gasteiger partial charge in [-0.25, -0.2) is 0 Å². The third kappa shape index (κ3) is 6.06. The number of nitrogens with zero attached hydrogens (tertiary/aromatic N) is 2. The average Bonchev–Trinajstić information content (AvgIpc) is 2.77. The fourth-order valence-electron chi connectivity index (χ4n) is 4.07. The molecule has 1 aromatic rings. The molecule has 1 saturated heterocycles. The van der Waals surface area contributed by atoms with E-state index in [0.717, 1.165) is 43.4 Å². The number of nitrogens with one attached hydrogen (secondary N) is 2. The number of aliphatic imine (C=N–C) groups is 1. The summed E-state index contributed by atoms with van der Waals surface area (Å²) in [6.45, 7) is 9.76. The van der Waals surface area contributed by atoms with E-state index < -0.39 is 5.92 Å². The summed E-state index contributed by atoms with van der Waals surface area (Å²) in [5.74, 6) is -0.676. The molecule has 2 N–H and O–H groups in total. The maximum Gasteiger partial charge on any atom is 0.169 e. The summed E-state index contributed by atoms with van der Waals surface area (Å²) in [6, 6.07) is 9.83. The lowest BCUT2D eigenvalue weighted by Crippen LogP contribution is -3.15. The second kappa shape index (κ2) is 11.1. The molecular weight excluding hydrogens is 396 g/mol. The molecule has 30 heavy (non-hydrogen) atoms. The van der Waals surface area contributed by atoms with Gasteiger partial charge in [0.1, 0.15) is 17.5 Å². The first-order chi connectivity index (χ1) is 14.6. The van der Waals surface area contributed by atoms with Gasteiger partial charge >= 0.3 is 0 Å². The summed E-state index contributed by atoms with van der Waals surface area (Å²) in [4.78, 5) is 33.1. The van der Waals surface area contributed by atoms with Crippen LogP contribution in [-0.4, -0.2) is 73.6 Å². The lowest BCUT2D eigenvalue weighted by atomic mass is 9.77. The minimum Gasteiger partial charge on any atom is -0.359 e. The molecule has 0 aromatic heterocycles. The van der Waals surface area contributed by atoms with Crippen LogP contribution in [0.2, 0.25) is 0 Å². The third-order valence-corrected chi connectivity index (χ3v) is 6.27. The van der Waals surface area contributed by atoms with Crippen molar-refractivity contribution < 1.29 is 14.5 Å². The Morgan fingerprint density at radius 3 is 2.50 bits per heavy atom. The molecule has 0 atom stereocenters. The first kappa shape index (κ1) is 22.3. The molecule has 3 rings (SSSR count). The van der Waals surface area contributed by atoms with Gasteiger partial charge in [-0.1, -0.05) is 36.4 Å². The number of hydrogen-bond donors (Lipinski definition) is 2. The molecular formula is C23H31N4O2S+. The van der Waals surface area contributed by atoms with E-state index in [2.05, 4.69) is 21.8 Å². The molecule has 0 amide bonds. The van der Waals surface area contributed by atoms with Crippen LogP contribution in [0.1, 0.15) is 24.3 Å². The van der Waals surface area contributed by atoms with E-state index in [1.54, 1.807) is 12.3 Å². The fraction of sp³-hybridized carbons (Fsp3) is 0.478. The summed E-state index contributed by atoms with van der Waals surface area (Å²) in [5.41, 5.74) is 1.07. The zero-order valence-electron chi connectivity index (χ0n) is 17.4. The summed E-state index contributed by atoms with van der Waals surface area (Å²) in [5, 5.41) is 3.96. The molecule has 2 fully saturated rings. The van der Waals surface area contributed by atoms with E-state index in [4.69, 9.17) is 12.2 Å². The number of piperazine rings is 1. The van der Waals surface area contributed by atoms with Crippen molar-refractivity contribution in [3.05, 3.63) is 48.6 Å². The molecule has 0 bridgehead atoms. The van der Waals surface area contributed by atoms with E-state index >= 15 is 0 Å². The minimum atomic E-state index is -0.662. The van der Waals surface area contributed by atoms with Crippen LogP contribution in [0.4, 0.5) is 0 Å². The number of quaternary nitrogens is 1. The van der Waals surface area contributed by atoms with Gasteiger partial charge in [-0.2, -0.15) is 0 Å². The van der Waals surface area contributed by atoms with E-state index in [1.165, 1.54) is 4.90 Å². The van der Waals surface area contributed by atoms with Crippen LogP contribution < -0.4 is 10.2 Å². The van der Waals surface area contributed by atoms with Crippen LogP contribution in [0.25, 0.3) is 0 Å². The van der Waals surface area contributed by atoms with E-state index in [-0.39, 0.29) is 17.5 Å². The van der Waals surface area contributed by atoms with Crippen LogP contribution in [0.5, 0.6) is 0 Å². The highest BCUT2D eigenvalue weighted by atomic mass is 32.1. The molecule has 160 valence electrons. The lowest BCUT2D eigenvalue weighted by molar-refractivity contribution is -0.902. The number of carbonyl (C=O) groups is 2. The van der Waals surface area contributed by atoms with Crippen molar-refractivity contribution in [1.29, 1.82) is 0 Å². The number of hydrogen-bond acceptors (Lipinski definition) is 4. The van der Waals surface area contributed by atoms with Crippen LogP contribution in [-0.2, 0) is 9.59 Å². The summed E-state index contributed by atoms with van der Waals surface area (Å²) in [7, 11) is 0. The van der Waals surface area contributed by atoms with E-state index in [0.29, 0.717) is 25.9 Å². The molecule has 2 aliphatic rings. The van der Waals surface area contributed by atoms with Gasteiger partial charge in [0.25, 0.3) is 0 Å². The summed E-state index contributed by atoms with van der Waals surface area (Å²) in [6.07, 6.45) is 4.23. The number of thiocarbonyl (C=S) groups is 1. The molecule has 7 heteroatoms. The predicted octanol–water partition coefficient (Wildman–Crippen LogP) is 0.650. The number of ketones is 2. The molecule has 1 heterocycles. The van der Waals surface area contributed by atoms with E-state index in [9.17, 15) is 9.59 Å². The second-order valence-corrected chi connectivity index (χ2v) is 8.33. The third-order valence-electron chi connectivity index (χ3n) is 5.86. The average molecular weight is 428 g/mol. The Labute approximate surface area is 184 Å². The topological polar surface area (TPSA) is 66.2 Å². The Bertz CT molecular complexity index is 770. The van der Waals surface area contributed by atoms with Gasteiger partial charge in [0.2, 0.25) is 0 Å². The minimum absolute atomic E-state index is 0.00337. The van der Waals surface area contributed by atoms with Gasteiger partial charge in [0, 0.05) is 25.6 Å². The SMILES string of the molecule is C=CCNC(=S)N1CC[NH+](CCN=CC2C(=O)CC(c3ccccc3)CC2=O)CC1. The maximum absolute atomic E-state index is 12.5. The van der Waals surface area contributed by atoms with Crippen molar-refractivity contribution in [2.45, 2.75) is 18.8 Å². The number of rotatable bonds is 7. The normalized spacial score (nSPS) is 23.0. The Balaban J connectivity index is 1.40. The van der Waals surface area contributed by atoms with E-state index in [1.807, 2.05) is 30.3 Å². The van der Waals surface area contributed by atoms with Crippen molar-refractivity contribution in [2.75, 3.05) is 45.8 Å². The monoisotopic (exact) mass is 427 g/mol. The Morgan fingerprint density at radius 2 is 1.87 bits per heavy atom. The standard InChI is InChI=1S/C23H30N4O2S/c1-2-8-25-23(30)27-13-11-26(12-14-27)10-9-24-17-20-21(28)15-19(16-22(20)29)18-6-4-3-5-7-18/h2-7,17,19-20H,1,8-16H2,(H,25,30)/p+1. The largest absolute Gasteiger partial charge is 0.359 e. The highest BCUT2D eigenvalue weighted by molar-refractivity contribution is 7.80. The van der Waals surface area contributed by atoms with Gasteiger partial charge in [0.05, 0.1) is 39.3 Å².